The van der Waals surface area contributed by atoms with Crippen LogP contribution in [0.3, 0.4) is 0 Å². The number of aromatic nitrogens is 4. The van der Waals surface area contributed by atoms with Gasteiger partial charge in [0.1, 0.15) is 0 Å². The smallest absolute Gasteiger partial charge is 0.860 e. The van der Waals surface area contributed by atoms with Crippen molar-refractivity contribution in [3.63, 3.8) is 0 Å². The molecule has 0 bridgehead atoms. The summed E-state index contributed by atoms with van der Waals surface area (Å²) in [6.45, 7) is 9.28. The van der Waals surface area contributed by atoms with E-state index in [0.717, 1.165) is 12.1 Å². The SMILES string of the molecule is CCn1c([O-])cc(=O)n(CC)c1=S.CCn1c([O-])cc(=O)n(CC)c1=S.O.O.[Ni+2].[OH3+].[OH3+].[OH3+].[OH3+].[OH3+].[OH3+]. The molecular formula is C16H44N4NiO12S2+6. The number of rotatable bonds is 4. The molecule has 0 saturated heterocycles. The summed E-state index contributed by atoms with van der Waals surface area (Å²) < 4.78 is 6.23. The van der Waals surface area contributed by atoms with Crippen molar-refractivity contribution in [2.75, 3.05) is 0 Å². The van der Waals surface area contributed by atoms with Gasteiger partial charge in [-0.15, -0.1) is 0 Å². The molecule has 19 heteroatoms. The third kappa shape index (κ3) is 13.6. The van der Waals surface area contributed by atoms with Crippen molar-refractivity contribution in [3.05, 3.63) is 42.4 Å². The summed E-state index contributed by atoms with van der Waals surface area (Å²) in [6, 6.07) is 2.14. The molecule has 2 aromatic heterocycles. The quantitative estimate of drug-likeness (QED) is 0.185. The molecule has 16 nitrogen and oxygen atoms in total. The van der Waals surface area contributed by atoms with Crippen molar-refractivity contribution in [3.8, 4) is 11.8 Å². The molecule has 0 radical (unpaired) electrons. The van der Waals surface area contributed by atoms with E-state index in [1.165, 1.54) is 18.3 Å². The molecule has 0 saturated carbocycles. The van der Waals surface area contributed by atoms with Crippen molar-refractivity contribution in [2.24, 2.45) is 0 Å². The van der Waals surface area contributed by atoms with Crippen LogP contribution < -0.4 is 21.3 Å². The van der Waals surface area contributed by atoms with Gasteiger partial charge in [-0.3, -0.25) is 18.7 Å². The number of hydrogen-bond donors (Lipinski definition) is 0. The Morgan fingerprint density at radius 2 is 0.800 bits per heavy atom. The molecule has 35 heavy (non-hydrogen) atoms. The van der Waals surface area contributed by atoms with E-state index in [9.17, 15) is 19.8 Å². The summed E-state index contributed by atoms with van der Waals surface area (Å²) in [4.78, 5) is 22.5. The molecule has 0 amide bonds. The Morgan fingerprint density at radius 1 is 0.600 bits per heavy atom. The van der Waals surface area contributed by atoms with Gasteiger partial charge in [-0.2, -0.15) is 0 Å². The van der Waals surface area contributed by atoms with E-state index in [0.29, 0.717) is 35.7 Å². The molecule has 2 aromatic rings. The predicted molar refractivity (Wildman–Crippen MR) is 137 cm³/mol. The van der Waals surface area contributed by atoms with Crippen LogP contribution in [-0.4, -0.2) is 29.2 Å². The van der Waals surface area contributed by atoms with Crippen molar-refractivity contribution in [2.45, 2.75) is 53.9 Å². The standard InChI is InChI=1S/2C8H12N2O2S.Ni.8H2O/c2*1-3-9-6(11)5-7(12)10(4-2)8(9)13;;;;;;;;;/h2*5,11H,3-4H2,1-2H3;;8*1H2/q;;+2;;;;;;;;/p+4. The van der Waals surface area contributed by atoms with E-state index in [1.807, 2.05) is 27.7 Å². The molecule has 216 valence electrons. The minimum Gasteiger partial charge on any atom is -0.860 e. The largest absolute Gasteiger partial charge is 2.00 e. The van der Waals surface area contributed by atoms with Crippen LogP contribution in [0.15, 0.2) is 21.7 Å². The third-order valence-corrected chi connectivity index (χ3v) is 4.63. The minimum absolute atomic E-state index is 0. The van der Waals surface area contributed by atoms with Crippen molar-refractivity contribution in [1.29, 1.82) is 0 Å². The van der Waals surface area contributed by atoms with Gasteiger partial charge in [-0.1, -0.05) is 0 Å². The Labute approximate surface area is 221 Å². The van der Waals surface area contributed by atoms with Gasteiger partial charge in [-0.05, 0) is 63.9 Å². The van der Waals surface area contributed by atoms with Crippen molar-refractivity contribution < 1.29 is 70.5 Å². The van der Waals surface area contributed by atoms with Crippen molar-refractivity contribution in [1.82, 2.24) is 18.3 Å². The average Bonchev–Trinajstić information content (AvgIpc) is 2.56. The second-order valence-electron chi connectivity index (χ2n) is 5.18. The molecule has 0 atom stereocenters. The van der Waals surface area contributed by atoms with Gasteiger partial charge >= 0.3 is 16.5 Å². The maximum atomic E-state index is 11.2. The number of hydrogen-bond acceptors (Lipinski definition) is 6. The Hall–Kier alpha value is -2.03. The van der Waals surface area contributed by atoms with Gasteiger partial charge in [0, 0.05) is 38.3 Å². The molecule has 0 fully saturated rings. The molecule has 22 N–H and O–H groups in total. The van der Waals surface area contributed by atoms with E-state index in [4.69, 9.17) is 24.4 Å². The number of nitrogens with zero attached hydrogens (tertiary/aromatic N) is 4. The van der Waals surface area contributed by atoms with Gasteiger partial charge in [0.05, 0.1) is 0 Å². The first-order chi connectivity index (χ1) is 12.2. The maximum Gasteiger partial charge on any atom is 2.00 e. The Morgan fingerprint density at radius 3 is 0.971 bits per heavy atom. The van der Waals surface area contributed by atoms with Gasteiger partial charge in [0.15, 0.2) is 9.54 Å². The zero-order valence-electron chi connectivity index (χ0n) is 20.0. The first-order valence-corrected chi connectivity index (χ1v) is 9.08. The van der Waals surface area contributed by atoms with Crippen LogP contribution in [0.1, 0.15) is 27.7 Å². The van der Waals surface area contributed by atoms with Crippen LogP contribution in [0.2, 0.25) is 0 Å². The molecular weight excluding hydrogens is 563 g/mol. The molecule has 0 aromatic carbocycles. The molecule has 0 spiro atoms. The van der Waals surface area contributed by atoms with Crippen molar-refractivity contribution >= 4 is 24.4 Å². The first-order valence-electron chi connectivity index (χ1n) is 8.26. The summed E-state index contributed by atoms with van der Waals surface area (Å²) in [5.41, 5.74) is -0.635. The second-order valence-corrected chi connectivity index (χ2v) is 5.91. The van der Waals surface area contributed by atoms with Crippen LogP contribution in [0.25, 0.3) is 0 Å². The van der Waals surface area contributed by atoms with Gasteiger partial charge in [0.2, 0.25) is 0 Å². The summed E-state index contributed by atoms with van der Waals surface area (Å²) in [5.74, 6) is -0.635. The van der Waals surface area contributed by atoms with Gasteiger partial charge < -0.3 is 63.2 Å². The fourth-order valence-electron chi connectivity index (χ4n) is 2.36. The van der Waals surface area contributed by atoms with Crippen LogP contribution in [-0.2, 0) is 75.5 Å². The molecule has 2 heterocycles. The summed E-state index contributed by atoms with van der Waals surface area (Å²) in [6.07, 6.45) is 0. The molecule has 0 aliphatic carbocycles. The topological polar surface area (TPSA) is 361 Å². The fraction of sp³-hybridized carbons (Fsp3) is 0.500. The Balaban J connectivity index is -0.0000000439. The average molecular weight is 607 g/mol. The minimum atomic E-state index is -0.317. The third-order valence-electron chi connectivity index (χ3n) is 3.75. The molecule has 2 rings (SSSR count). The van der Waals surface area contributed by atoms with Crippen LogP contribution in [0.5, 0.6) is 11.8 Å². The summed E-state index contributed by atoms with van der Waals surface area (Å²) in [5, 5.41) is 22.5. The first kappa shape index (κ1) is 58.7. The normalized spacial score (nSPS) is 7.66. The maximum absolute atomic E-state index is 11.2. The predicted octanol–water partition coefficient (Wildman–Crippen LogP) is -6.20. The zero-order chi connectivity index (χ0) is 20.0. The Bertz CT molecular complexity index is 942. The fourth-order valence-corrected chi connectivity index (χ4v) is 3.23. The molecule has 0 unspecified atom stereocenters. The van der Waals surface area contributed by atoms with E-state index in [2.05, 4.69) is 0 Å². The molecule has 0 aliphatic heterocycles. The second kappa shape index (κ2) is 26.6. The van der Waals surface area contributed by atoms with Crippen LogP contribution in [0.4, 0.5) is 0 Å². The summed E-state index contributed by atoms with van der Waals surface area (Å²) in [7, 11) is 0. The van der Waals surface area contributed by atoms with E-state index >= 15 is 0 Å². The summed E-state index contributed by atoms with van der Waals surface area (Å²) >= 11 is 9.98. The zero-order valence-corrected chi connectivity index (χ0v) is 22.6. The van der Waals surface area contributed by atoms with E-state index < -0.39 is 0 Å². The van der Waals surface area contributed by atoms with Crippen LogP contribution in [0, 0.1) is 9.54 Å². The Kier molecular flexibility index (Phi) is 44.5. The van der Waals surface area contributed by atoms with E-state index in [-0.39, 0.29) is 83.2 Å². The van der Waals surface area contributed by atoms with Gasteiger partial charge in [-0.25, -0.2) is 0 Å². The molecule has 0 aliphatic rings. The monoisotopic (exact) mass is 606 g/mol. The van der Waals surface area contributed by atoms with Crippen LogP contribution >= 0.6 is 24.4 Å². The van der Waals surface area contributed by atoms with E-state index in [1.54, 1.807) is 0 Å². The van der Waals surface area contributed by atoms with Gasteiger partial charge in [0.25, 0.3) is 11.1 Å².